The van der Waals surface area contributed by atoms with Crippen molar-refractivity contribution in [2.45, 2.75) is 38.4 Å². The van der Waals surface area contributed by atoms with Gasteiger partial charge in [-0.3, -0.25) is 0 Å². The Morgan fingerprint density at radius 1 is 1.57 bits per heavy atom. The number of aliphatic hydroxyl groups excluding tert-OH is 1. The zero-order chi connectivity index (χ0) is 10.1. The minimum atomic E-state index is -0.257. The van der Waals surface area contributed by atoms with E-state index in [4.69, 9.17) is 11.2 Å². The Morgan fingerprint density at radius 3 is 3.07 bits per heavy atom. The Kier molecular flexibility index (Phi) is 2.80. The van der Waals surface area contributed by atoms with Crippen LogP contribution in [0.1, 0.15) is 26.2 Å². The van der Waals surface area contributed by atoms with Crippen LogP contribution in [0.25, 0.3) is 0 Å². The average molecular weight is 194 g/mol. The highest BCUT2D eigenvalue weighted by Gasteiger charge is 2.49. The highest BCUT2D eigenvalue weighted by molar-refractivity contribution is 4.99. The standard InChI is InChI=1S/C12H18O2/c1-3-4-5-9-6-10(13)12-11(9)8(2)7-14-12/h1,8-13H,4-7H2,2H3. The van der Waals surface area contributed by atoms with Crippen molar-refractivity contribution in [3.05, 3.63) is 0 Å². The third kappa shape index (κ3) is 1.55. The maximum atomic E-state index is 9.81. The highest BCUT2D eigenvalue weighted by atomic mass is 16.5. The lowest BCUT2D eigenvalue weighted by molar-refractivity contribution is 0.00630. The van der Waals surface area contributed by atoms with Gasteiger partial charge in [0.1, 0.15) is 0 Å². The van der Waals surface area contributed by atoms with Crippen molar-refractivity contribution in [1.82, 2.24) is 0 Å². The maximum absolute atomic E-state index is 9.81. The molecule has 1 aliphatic heterocycles. The molecule has 2 fully saturated rings. The van der Waals surface area contributed by atoms with Gasteiger partial charge in [0.25, 0.3) is 0 Å². The van der Waals surface area contributed by atoms with Crippen LogP contribution in [-0.4, -0.2) is 23.9 Å². The molecule has 14 heavy (non-hydrogen) atoms. The van der Waals surface area contributed by atoms with E-state index in [1.807, 2.05) is 0 Å². The van der Waals surface area contributed by atoms with Gasteiger partial charge < -0.3 is 9.84 Å². The van der Waals surface area contributed by atoms with Crippen LogP contribution in [0.5, 0.6) is 0 Å². The van der Waals surface area contributed by atoms with Crippen LogP contribution in [-0.2, 0) is 4.74 Å². The summed E-state index contributed by atoms with van der Waals surface area (Å²) in [5.74, 6) is 4.38. The molecule has 0 radical (unpaired) electrons. The van der Waals surface area contributed by atoms with E-state index < -0.39 is 0 Å². The summed E-state index contributed by atoms with van der Waals surface area (Å²) in [5.41, 5.74) is 0. The summed E-state index contributed by atoms with van der Waals surface area (Å²) in [6, 6.07) is 0. The number of fused-ring (bicyclic) bond motifs is 1. The first-order valence-corrected chi connectivity index (χ1v) is 5.47. The molecule has 0 amide bonds. The fourth-order valence-corrected chi connectivity index (χ4v) is 3.09. The van der Waals surface area contributed by atoms with E-state index in [0.29, 0.717) is 17.8 Å². The largest absolute Gasteiger partial charge is 0.390 e. The Hall–Kier alpha value is -0.520. The lowest BCUT2D eigenvalue weighted by atomic mass is 9.83. The van der Waals surface area contributed by atoms with E-state index in [9.17, 15) is 5.11 Å². The normalized spacial score (nSPS) is 46.2. The van der Waals surface area contributed by atoms with Gasteiger partial charge in [-0.1, -0.05) is 6.92 Å². The van der Waals surface area contributed by atoms with Crippen LogP contribution in [0.2, 0.25) is 0 Å². The molecule has 5 atom stereocenters. The second-order valence-corrected chi connectivity index (χ2v) is 4.66. The topological polar surface area (TPSA) is 29.5 Å². The quantitative estimate of drug-likeness (QED) is 0.674. The first kappa shape index (κ1) is 10.0. The molecule has 0 aromatic carbocycles. The minimum absolute atomic E-state index is 0.0905. The van der Waals surface area contributed by atoms with Crippen LogP contribution in [0.4, 0.5) is 0 Å². The molecule has 1 heterocycles. The summed E-state index contributed by atoms with van der Waals surface area (Å²) in [6.45, 7) is 3.02. The van der Waals surface area contributed by atoms with Gasteiger partial charge in [0.2, 0.25) is 0 Å². The molecule has 0 bridgehead atoms. The van der Waals surface area contributed by atoms with E-state index in [2.05, 4.69) is 12.8 Å². The molecule has 1 saturated heterocycles. The fourth-order valence-electron chi connectivity index (χ4n) is 3.09. The van der Waals surface area contributed by atoms with Gasteiger partial charge in [0, 0.05) is 6.42 Å². The average Bonchev–Trinajstić information content (AvgIpc) is 2.67. The van der Waals surface area contributed by atoms with Crippen molar-refractivity contribution in [1.29, 1.82) is 0 Å². The molecule has 5 unspecified atom stereocenters. The molecular weight excluding hydrogens is 176 g/mol. The van der Waals surface area contributed by atoms with Crippen LogP contribution in [0, 0.1) is 30.1 Å². The van der Waals surface area contributed by atoms with Gasteiger partial charge in [-0.2, -0.15) is 0 Å². The van der Waals surface area contributed by atoms with E-state index in [0.717, 1.165) is 25.9 Å². The fraction of sp³-hybridized carbons (Fsp3) is 0.833. The summed E-state index contributed by atoms with van der Waals surface area (Å²) in [4.78, 5) is 0. The molecular formula is C12H18O2. The molecule has 0 spiro atoms. The Balaban J connectivity index is 2.02. The molecule has 2 rings (SSSR count). The van der Waals surface area contributed by atoms with E-state index in [1.165, 1.54) is 0 Å². The summed E-state index contributed by atoms with van der Waals surface area (Å²) in [7, 11) is 0. The second kappa shape index (κ2) is 3.92. The number of hydrogen-bond donors (Lipinski definition) is 1. The van der Waals surface area contributed by atoms with Crippen LogP contribution in [0.15, 0.2) is 0 Å². The van der Waals surface area contributed by atoms with Crippen molar-refractivity contribution in [2.75, 3.05) is 6.61 Å². The lowest BCUT2D eigenvalue weighted by Gasteiger charge is -2.19. The third-order valence-corrected chi connectivity index (χ3v) is 3.72. The minimum Gasteiger partial charge on any atom is -0.390 e. The van der Waals surface area contributed by atoms with E-state index in [-0.39, 0.29) is 12.2 Å². The Labute approximate surface area is 85.6 Å². The van der Waals surface area contributed by atoms with E-state index in [1.54, 1.807) is 0 Å². The zero-order valence-electron chi connectivity index (χ0n) is 8.65. The number of hydrogen-bond acceptors (Lipinski definition) is 2. The second-order valence-electron chi connectivity index (χ2n) is 4.66. The molecule has 2 heteroatoms. The van der Waals surface area contributed by atoms with Gasteiger partial charge in [-0.15, -0.1) is 12.3 Å². The van der Waals surface area contributed by atoms with Crippen molar-refractivity contribution < 1.29 is 9.84 Å². The van der Waals surface area contributed by atoms with Gasteiger partial charge >= 0.3 is 0 Å². The van der Waals surface area contributed by atoms with Gasteiger partial charge in [0.15, 0.2) is 0 Å². The van der Waals surface area contributed by atoms with Crippen LogP contribution >= 0.6 is 0 Å². The predicted molar refractivity (Wildman–Crippen MR) is 54.6 cm³/mol. The van der Waals surface area contributed by atoms with Crippen molar-refractivity contribution in [3.8, 4) is 12.3 Å². The van der Waals surface area contributed by atoms with Crippen molar-refractivity contribution in [3.63, 3.8) is 0 Å². The Morgan fingerprint density at radius 2 is 2.36 bits per heavy atom. The molecule has 2 nitrogen and oxygen atoms in total. The smallest absolute Gasteiger partial charge is 0.0868 e. The van der Waals surface area contributed by atoms with Gasteiger partial charge in [0.05, 0.1) is 18.8 Å². The summed E-state index contributed by atoms with van der Waals surface area (Å²) >= 11 is 0. The highest BCUT2D eigenvalue weighted by Crippen LogP contribution is 2.45. The molecule has 1 aliphatic carbocycles. The summed E-state index contributed by atoms with van der Waals surface area (Å²) in [6.07, 6.45) is 7.85. The molecule has 78 valence electrons. The third-order valence-electron chi connectivity index (χ3n) is 3.72. The Bertz CT molecular complexity index is 243. The number of aliphatic hydroxyl groups is 1. The molecule has 0 aromatic rings. The monoisotopic (exact) mass is 194 g/mol. The first-order chi connectivity index (χ1) is 6.74. The molecule has 1 N–H and O–H groups in total. The summed E-state index contributed by atoms with van der Waals surface area (Å²) in [5, 5.41) is 9.81. The first-order valence-electron chi connectivity index (χ1n) is 5.47. The van der Waals surface area contributed by atoms with Crippen molar-refractivity contribution in [2.24, 2.45) is 17.8 Å². The SMILES string of the molecule is C#CCCC1CC(O)C2OCC(C)C12. The maximum Gasteiger partial charge on any atom is 0.0868 e. The summed E-state index contributed by atoms with van der Waals surface area (Å²) < 4.78 is 5.61. The molecule has 2 aliphatic rings. The lowest BCUT2D eigenvalue weighted by Crippen LogP contribution is -2.24. The zero-order valence-corrected chi connectivity index (χ0v) is 8.65. The predicted octanol–water partition coefficient (Wildman–Crippen LogP) is 1.43. The van der Waals surface area contributed by atoms with Crippen molar-refractivity contribution >= 4 is 0 Å². The molecule has 1 saturated carbocycles. The molecule has 0 aromatic heterocycles. The van der Waals surface area contributed by atoms with Gasteiger partial charge in [-0.05, 0) is 30.6 Å². The van der Waals surface area contributed by atoms with Crippen LogP contribution in [0.3, 0.4) is 0 Å². The van der Waals surface area contributed by atoms with E-state index >= 15 is 0 Å². The van der Waals surface area contributed by atoms with Crippen LogP contribution < -0.4 is 0 Å². The number of rotatable bonds is 2. The number of terminal acetylenes is 1. The number of ether oxygens (including phenoxy) is 1. The van der Waals surface area contributed by atoms with Gasteiger partial charge in [-0.25, -0.2) is 0 Å².